The first kappa shape index (κ1) is 18.0. The molecule has 0 aliphatic heterocycles. The summed E-state index contributed by atoms with van der Waals surface area (Å²) in [5.41, 5.74) is 4.46. The predicted octanol–water partition coefficient (Wildman–Crippen LogP) is 2.56. The first-order valence-electron chi connectivity index (χ1n) is 8.01. The van der Waals surface area contributed by atoms with Gasteiger partial charge in [-0.05, 0) is 30.3 Å². The minimum atomic E-state index is -0.463. The van der Waals surface area contributed by atoms with Gasteiger partial charge in [-0.1, -0.05) is 18.2 Å². The Morgan fingerprint density at radius 3 is 2.78 bits per heavy atom. The Balaban J connectivity index is 1.69. The van der Waals surface area contributed by atoms with Crippen LogP contribution in [0.1, 0.15) is 16.1 Å². The number of phenols is 1. The fraction of sp³-hybridized carbons (Fsp3) is 0.105. The van der Waals surface area contributed by atoms with Crippen LogP contribution in [0.25, 0.3) is 11.3 Å². The number of rotatable bonds is 6. The summed E-state index contributed by atoms with van der Waals surface area (Å²) in [4.78, 5) is 12.2. The summed E-state index contributed by atoms with van der Waals surface area (Å²) >= 11 is 0. The number of amides is 1. The molecule has 0 aliphatic carbocycles. The molecule has 1 aromatic heterocycles. The minimum absolute atomic E-state index is 0.0557. The average molecular weight is 366 g/mol. The molecule has 8 nitrogen and oxygen atoms in total. The highest BCUT2D eigenvalue weighted by Gasteiger charge is 2.11. The number of para-hydroxylation sites is 1. The van der Waals surface area contributed by atoms with Crippen LogP contribution in [0.4, 0.5) is 0 Å². The molecule has 1 amide bonds. The van der Waals surface area contributed by atoms with Gasteiger partial charge in [0.15, 0.2) is 11.5 Å². The number of carbonyl (C=O) groups excluding carboxylic acids is 1. The molecule has 0 radical (unpaired) electrons. The van der Waals surface area contributed by atoms with Gasteiger partial charge in [-0.3, -0.25) is 9.89 Å². The molecule has 8 heteroatoms. The summed E-state index contributed by atoms with van der Waals surface area (Å²) in [6.07, 6.45) is 1.33. The van der Waals surface area contributed by atoms with Crippen LogP contribution in [0.2, 0.25) is 0 Å². The smallest absolute Gasteiger partial charge is 0.289 e. The van der Waals surface area contributed by atoms with E-state index in [9.17, 15) is 9.90 Å². The molecule has 0 saturated carbocycles. The van der Waals surface area contributed by atoms with Gasteiger partial charge in [0, 0.05) is 11.1 Å². The van der Waals surface area contributed by atoms with Crippen LogP contribution in [0.15, 0.2) is 53.6 Å². The largest absolute Gasteiger partial charge is 0.504 e. The summed E-state index contributed by atoms with van der Waals surface area (Å²) in [5.74, 6) is 0.501. The van der Waals surface area contributed by atoms with Crippen molar-refractivity contribution in [1.82, 2.24) is 15.6 Å². The second kappa shape index (κ2) is 8.05. The van der Waals surface area contributed by atoms with Crippen molar-refractivity contribution < 1.29 is 19.4 Å². The zero-order valence-electron chi connectivity index (χ0n) is 14.8. The van der Waals surface area contributed by atoms with Crippen LogP contribution in [0.3, 0.4) is 0 Å². The van der Waals surface area contributed by atoms with Crippen molar-refractivity contribution in [3.8, 4) is 28.5 Å². The fourth-order valence-electron chi connectivity index (χ4n) is 2.40. The van der Waals surface area contributed by atoms with E-state index in [0.29, 0.717) is 22.8 Å². The van der Waals surface area contributed by atoms with Crippen LogP contribution in [-0.2, 0) is 0 Å². The van der Waals surface area contributed by atoms with Crippen LogP contribution in [-0.4, -0.2) is 41.6 Å². The van der Waals surface area contributed by atoms with Gasteiger partial charge in [0.1, 0.15) is 11.4 Å². The monoisotopic (exact) mass is 366 g/mol. The maximum atomic E-state index is 12.2. The normalized spacial score (nSPS) is 10.7. The van der Waals surface area contributed by atoms with E-state index >= 15 is 0 Å². The molecular weight excluding hydrogens is 348 g/mol. The van der Waals surface area contributed by atoms with E-state index in [4.69, 9.17) is 9.47 Å². The maximum Gasteiger partial charge on any atom is 0.289 e. The van der Waals surface area contributed by atoms with Crippen molar-refractivity contribution in [2.24, 2.45) is 5.10 Å². The quantitative estimate of drug-likeness (QED) is 0.459. The van der Waals surface area contributed by atoms with Crippen molar-refractivity contribution in [3.05, 3.63) is 59.8 Å². The molecule has 0 spiro atoms. The Morgan fingerprint density at radius 1 is 1.19 bits per heavy atom. The summed E-state index contributed by atoms with van der Waals surface area (Å²) in [5, 5.41) is 20.7. The molecule has 1 heterocycles. The third-order valence-corrected chi connectivity index (χ3v) is 3.81. The number of nitrogens with zero attached hydrogens (tertiary/aromatic N) is 2. The number of aromatic hydroxyl groups is 1. The molecule has 138 valence electrons. The molecule has 3 rings (SSSR count). The first-order valence-corrected chi connectivity index (χ1v) is 8.01. The van der Waals surface area contributed by atoms with Gasteiger partial charge in [-0.25, -0.2) is 5.43 Å². The minimum Gasteiger partial charge on any atom is -0.504 e. The van der Waals surface area contributed by atoms with E-state index < -0.39 is 5.91 Å². The lowest BCUT2D eigenvalue weighted by Crippen LogP contribution is -2.18. The lowest BCUT2D eigenvalue weighted by atomic mass is 10.1. The highest BCUT2D eigenvalue weighted by atomic mass is 16.5. The lowest BCUT2D eigenvalue weighted by Gasteiger charge is -2.04. The summed E-state index contributed by atoms with van der Waals surface area (Å²) in [7, 11) is 3.04. The average Bonchev–Trinajstić information content (AvgIpc) is 3.19. The van der Waals surface area contributed by atoms with Gasteiger partial charge < -0.3 is 14.6 Å². The fourth-order valence-corrected chi connectivity index (χ4v) is 2.40. The molecule has 0 atom stereocenters. The third kappa shape index (κ3) is 4.06. The van der Waals surface area contributed by atoms with Crippen molar-refractivity contribution in [1.29, 1.82) is 0 Å². The van der Waals surface area contributed by atoms with Crippen LogP contribution >= 0.6 is 0 Å². The van der Waals surface area contributed by atoms with Crippen LogP contribution < -0.4 is 14.9 Å². The Kier molecular flexibility index (Phi) is 5.36. The van der Waals surface area contributed by atoms with Gasteiger partial charge in [-0.2, -0.15) is 10.2 Å². The number of benzene rings is 2. The number of aromatic nitrogens is 2. The van der Waals surface area contributed by atoms with Gasteiger partial charge in [0.25, 0.3) is 5.91 Å². The summed E-state index contributed by atoms with van der Waals surface area (Å²) < 4.78 is 10.2. The standard InChI is InChI=1S/C19H18N4O4/c1-26-14-7-3-5-12(9-14)15-10-16(22-21-15)19(25)23-20-11-13-6-4-8-17(27-2)18(13)24/h3-11,24H,1-2H3,(H,21,22)(H,23,25)/b20-11+. The number of aromatic amines is 1. The number of carbonyl (C=O) groups is 1. The highest BCUT2D eigenvalue weighted by molar-refractivity contribution is 5.94. The second-order valence-electron chi connectivity index (χ2n) is 5.50. The van der Waals surface area contributed by atoms with E-state index in [1.807, 2.05) is 24.3 Å². The molecule has 27 heavy (non-hydrogen) atoms. The van der Waals surface area contributed by atoms with Crippen molar-refractivity contribution in [3.63, 3.8) is 0 Å². The van der Waals surface area contributed by atoms with Gasteiger partial charge in [0.2, 0.25) is 0 Å². The van der Waals surface area contributed by atoms with E-state index in [-0.39, 0.29) is 11.4 Å². The third-order valence-electron chi connectivity index (χ3n) is 3.81. The molecule has 0 unspecified atom stereocenters. The highest BCUT2D eigenvalue weighted by Crippen LogP contribution is 2.28. The molecule has 0 fully saturated rings. The number of hydrogen-bond donors (Lipinski definition) is 3. The molecule has 0 aliphatic rings. The van der Waals surface area contributed by atoms with E-state index in [0.717, 1.165) is 5.56 Å². The predicted molar refractivity (Wildman–Crippen MR) is 100 cm³/mol. The van der Waals surface area contributed by atoms with Crippen molar-refractivity contribution >= 4 is 12.1 Å². The van der Waals surface area contributed by atoms with E-state index in [2.05, 4.69) is 20.7 Å². The molecule has 3 aromatic rings. The second-order valence-corrected chi connectivity index (χ2v) is 5.50. The molecular formula is C19H18N4O4. The SMILES string of the molecule is COc1cccc(-c2cc(C(=O)N/N=C/c3cccc(OC)c3O)[nH]n2)c1. The number of nitrogens with one attached hydrogen (secondary N) is 2. The van der Waals surface area contributed by atoms with Crippen LogP contribution in [0.5, 0.6) is 17.2 Å². The number of hydrazone groups is 1. The Bertz CT molecular complexity index is 981. The number of ether oxygens (including phenoxy) is 2. The van der Waals surface area contributed by atoms with E-state index in [1.54, 1.807) is 31.4 Å². The topological polar surface area (TPSA) is 109 Å². The Labute approximate surface area is 155 Å². The van der Waals surface area contributed by atoms with Gasteiger partial charge >= 0.3 is 0 Å². The van der Waals surface area contributed by atoms with Crippen LogP contribution in [0, 0.1) is 0 Å². The number of hydrogen-bond acceptors (Lipinski definition) is 6. The number of H-pyrrole nitrogens is 1. The Morgan fingerprint density at radius 2 is 2.00 bits per heavy atom. The summed E-state index contributed by atoms with van der Waals surface area (Å²) in [6, 6.07) is 13.9. The molecule has 2 aromatic carbocycles. The number of phenolic OH excluding ortho intramolecular Hbond substituents is 1. The Hall–Kier alpha value is -3.81. The molecule has 0 bridgehead atoms. The van der Waals surface area contributed by atoms with Crippen molar-refractivity contribution in [2.75, 3.05) is 14.2 Å². The van der Waals surface area contributed by atoms with E-state index in [1.165, 1.54) is 13.3 Å². The van der Waals surface area contributed by atoms with Gasteiger partial charge in [0.05, 0.1) is 26.1 Å². The zero-order valence-corrected chi connectivity index (χ0v) is 14.8. The number of methoxy groups -OCH3 is 2. The molecule has 3 N–H and O–H groups in total. The van der Waals surface area contributed by atoms with Gasteiger partial charge in [-0.15, -0.1) is 0 Å². The first-order chi connectivity index (χ1) is 13.1. The zero-order chi connectivity index (χ0) is 19.2. The summed E-state index contributed by atoms with van der Waals surface area (Å²) in [6.45, 7) is 0. The molecule has 0 saturated heterocycles. The van der Waals surface area contributed by atoms with Crippen molar-refractivity contribution in [2.45, 2.75) is 0 Å². The lowest BCUT2D eigenvalue weighted by molar-refractivity contribution is 0.0950. The maximum absolute atomic E-state index is 12.2.